The number of halogens is 4. The van der Waals surface area contributed by atoms with Gasteiger partial charge in [0.1, 0.15) is 21.4 Å². The standard InChI is InChI=1S/C29H22Cl2F2N12O8S2/c1-12-22(43-42-17-11-16(54(48,49)50)7-8-19(17)46)25(47)45(44-12)15-5-2-13(3-6-15)35-28-39-26(31)40-29(41-28)36-18-10-14(4-9-20(18)55(51,52)53)34-24-21(30)23(32)37-27(33)38-24/h2-12,22,44,46H,1H3,(H,34,37,38)(H,48,49,50)(H,51,52,53)(H2,35,36,39,40,41). The minimum Gasteiger partial charge on any atom is -0.506 e. The number of amides is 1. The molecule has 1 fully saturated rings. The van der Waals surface area contributed by atoms with Gasteiger partial charge < -0.3 is 21.1 Å². The number of phenolic OH excluding ortho intramolecular Hbond substituents is 1. The van der Waals surface area contributed by atoms with E-state index in [2.05, 4.69) is 56.5 Å². The van der Waals surface area contributed by atoms with Crippen LogP contribution in [0.15, 0.2) is 80.7 Å². The Hall–Kier alpha value is -5.76. The number of nitrogens with one attached hydrogen (secondary N) is 4. The predicted molar refractivity (Wildman–Crippen MR) is 191 cm³/mol. The third kappa shape index (κ3) is 8.97. The molecule has 5 aromatic rings. The van der Waals surface area contributed by atoms with Crippen LogP contribution in [0.1, 0.15) is 6.92 Å². The van der Waals surface area contributed by atoms with Gasteiger partial charge in [0.15, 0.2) is 11.9 Å². The third-order valence-electron chi connectivity index (χ3n) is 7.35. The molecule has 2 atom stereocenters. The summed E-state index contributed by atoms with van der Waals surface area (Å²) >= 11 is 11.9. The van der Waals surface area contributed by atoms with Crippen molar-refractivity contribution >= 4 is 95.5 Å². The monoisotopic (exact) mass is 838 g/mol. The summed E-state index contributed by atoms with van der Waals surface area (Å²) in [6.07, 6.45) is -1.43. The van der Waals surface area contributed by atoms with Crippen molar-refractivity contribution in [2.75, 3.05) is 21.0 Å². The summed E-state index contributed by atoms with van der Waals surface area (Å²) in [7, 11) is -9.43. The van der Waals surface area contributed by atoms with Gasteiger partial charge in [-0.05, 0) is 79.2 Å². The lowest BCUT2D eigenvalue weighted by atomic mass is 10.2. The van der Waals surface area contributed by atoms with Crippen LogP contribution >= 0.6 is 23.2 Å². The van der Waals surface area contributed by atoms with Crippen molar-refractivity contribution in [3.05, 3.63) is 83.0 Å². The van der Waals surface area contributed by atoms with Crippen LogP contribution in [0.5, 0.6) is 5.75 Å². The van der Waals surface area contributed by atoms with Gasteiger partial charge in [0.2, 0.25) is 23.1 Å². The fourth-order valence-corrected chi connectivity index (χ4v) is 6.27. The minimum atomic E-state index is -4.84. The van der Waals surface area contributed by atoms with Gasteiger partial charge in [0.05, 0.1) is 22.3 Å². The number of benzene rings is 3. The van der Waals surface area contributed by atoms with Gasteiger partial charge in [-0.1, -0.05) is 11.6 Å². The maximum atomic E-state index is 13.8. The average Bonchev–Trinajstić information content (AvgIpc) is 3.37. The second-order valence-corrected chi connectivity index (χ2v) is 14.7. The summed E-state index contributed by atoms with van der Waals surface area (Å²) < 4.78 is 93.8. The van der Waals surface area contributed by atoms with Crippen molar-refractivity contribution in [2.24, 2.45) is 10.2 Å². The topological polar surface area (TPSA) is 287 Å². The Morgan fingerprint density at radius 2 is 1.51 bits per heavy atom. The highest BCUT2D eigenvalue weighted by Crippen LogP contribution is 2.33. The molecule has 1 amide bonds. The molecule has 2 unspecified atom stereocenters. The minimum absolute atomic E-state index is 0.00685. The van der Waals surface area contributed by atoms with Gasteiger partial charge in [-0.15, -0.1) is 0 Å². The van der Waals surface area contributed by atoms with Gasteiger partial charge in [-0.3, -0.25) is 13.9 Å². The zero-order valence-electron chi connectivity index (χ0n) is 27.2. The maximum Gasteiger partial charge on any atom is 0.313 e. The molecule has 20 nitrogen and oxygen atoms in total. The molecule has 286 valence electrons. The first-order valence-corrected chi connectivity index (χ1v) is 18.6. The molecule has 1 aliphatic rings. The van der Waals surface area contributed by atoms with Crippen molar-refractivity contribution in [3.63, 3.8) is 0 Å². The molecular formula is C29H22Cl2F2N12O8S2. The van der Waals surface area contributed by atoms with Gasteiger partial charge in [0.25, 0.3) is 26.1 Å². The lowest BCUT2D eigenvalue weighted by molar-refractivity contribution is -0.118. The van der Waals surface area contributed by atoms with E-state index >= 15 is 0 Å². The lowest BCUT2D eigenvalue weighted by Gasteiger charge is -2.17. The number of aromatic nitrogens is 5. The molecule has 3 heterocycles. The van der Waals surface area contributed by atoms with Crippen molar-refractivity contribution < 1.29 is 44.6 Å². The summed E-state index contributed by atoms with van der Waals surface area (Å²) in [6, 6.07) is 10.6. The van der Waals surface area contributed by atoms with Crippen LogP contribution in [-0.2, 0) is 25.0 Å². The van der Waals surface area contributed by atoms with Crippen molar-refractivity contribution in [2.45, 2.75) is 28.8 Å². The lowest BCUT2D eigenvalue weighted by Crippen LogP contribution is -2.36. The Balaban J connectivity index is 1.18. The number of hydrazine groups is 1. The quantitative estimate of drug-likeness (QED) is 0.0395. The number of hydrogen-bond donors (Lipinski definition) is 7. The molecule has 26 heteroatoms. The van der Waals surface area contributed by atoms with E-state index in [0.29, 0.717) is 11.4 Å². The highest BCUT2D eigenvalue weighted by Gasteiger charge is 2.39. The number of azo groups is 1. The van der Waals surface area contributed by atoms with Gasteiger partial charge in [-0.25, -0.2) is 10.4 Å². The number of anilines is 7. The van der Waals surface area contributed by atoms with E-state index in [1.807, 2.05) is 0 Å². The smallest absolute Gasteiger partial charge is 0.313 e. The van der Waals surface area contributed by atoms with Gasteiger partial charge in [-0.2, -0.15) is 60.8 Å². The predicted octanol–water partition coefficient (Wildman–Crippen LogP) is 5.07. The van der Waals surface area contributed by atoms with E-state index in [4.69, 9.17) is 23.2 Å². The third-order valence-corrected chi connectivity index (χ3v) is 9.62. The van der Waals surface area contributed by atoms with Crippen molar-refractivity contribution in [3.8, 4) is 5.75 Å². The van der Waals surface area contributed by atoms with Gasteiger partial charge in [0, 0.05) is 11.4 Å². The molecule has 7 N–H and O–H groups in total. The van der Waals surface area contributed by atoms with E-state index in [0.717, 1.165) is 36.4 Å². The summed E-state index contributed by atoms with van der Waals surface area (Å²) in [5.41, 5.74) is 3.10. The molecule has 3 aromatic carbocycles. The van der Waals surface area contributed by atoms with Crippen LogP contribution in [-0.4, -0.2) is 74.0 Å². The summed E-state index contributed by atoms with van der Waals surface area (Å²) in [5.74, 6) is -3.25. The van der Waals surface area contributed by atoms with Crippen molar-refractivity contribution in [1.82, 2.24) is 30.3 Å². The van der Waals surface area contributed by atoms with Crippen LogP contribution in [0.25, 0.3) is 0 Å². The van der Waals surface area contributed by atoms with Crippen LogP contribution in [0, 0.1) is 12.0 Å². The Bertz CT molecular complexity index is 2590. The zero-order chi connectivity index (χ0) is 39.8. The van der Waals surface area contributed by atoms with E-state index < -0.39 is 76.6 Å². The fourth-order valence-electron chi connectivity index (χ4n) is 4.85. The Kier molecular flexibility index (Phi) is 10.7. The van der Waals surface area contributed by atoms with E-state index in [1.165, 1.54) is 5.01 Å². The highest BCUT2D eigenvalue weighted by molar-refractivity contribution is 7.86. The maximum absolute atomic E-state index is 13.8. The van der Waals surface area contributed by atoms with E-state index in [9.17, 15) is 44.6 Å². The normalized spacial score (nSPS) is 16.1. The molecule has 2 aromatic heterocycles. The first-order chi connectivity index (χ1) is 25.8. The second kappa shape index (κ2) is 15.2. The molecule has 1 aliphatic heterocycles. The van der Waals surface area contributed by atoms with Crippen LogP contribution in [0.4, 0.5) is 54.9 Å². The summed E-state index contributed by atoms with van der Waals surface area (Å²) in [6.45, 7) is 1.64. The number of aromatic hydroxyl groups is 1. The largest absolute Gasteiger partial charge is 0.506 e. The first-order valence-electron chi connectivity index (χ1n) is 15.0. The van der Waals surface area contributed by atoms with Gasteiger partial charge >= 0.3 is 6.08 Å². The van der Waals surface area contributed by atoms with E-state index in [1.54, 1.807) is 31.2 Å². The number of hydrogen-bond acceptors (Lipinski definition) is 17. The molecule has 55 heavy (non-hydrogen) atoms. The van der Waals surface area contributed by atoms with Crippen LogP contribution in [0.3, 0.4) is 0 Å². The number of nitrogens with zero attached hydrogens (tertiary/aromatic N) is 8. The molecule has 0 spiro atoms. The average molecular weight is 840 g/mol. The molecule has 0 saturated carbocycles. The number of carbonyl (C=O) groups is 1. The SMILES string of the molecule is CC1NN(c2ccc(Nc3nc(Cl)nc(Nc4cc(Nc5nc(F)nc(F)c5Cl)ccc4S(=O)(=O)O)n3)cc2)C(=O)C1N=Nc1cc(S(=O)(=O)O)ccc1O. The molecule has 0 bridgehead atoms. The van der Waals surface area contributed by atoms with Crippen LogP contribution < -0.4 is 26.4 Å². The molecule has 1 saturated heterocycles. The Labute approximate surface area is 318 Å². The first kappa shape index (κ1) is 38.9. The van der Waals surface area contributed by atoms with Crippen molar-refractivity contribution in [1.29, 1.82) is 0 Å². The Morgan fingerprint density at radius 1 is 0.836 bits per heavy atom. The number of rotatable bonds is 11. The van der Waals surface area contributed by atoms with E-state index in [-0.39, 0.29) is 34.2 Å². The zero-order valence-corrected chi connectivity index (χ0v) is 30.4. The van der Waals surface area contributed by atoms with Crippen LogP contribution in [0.2, 0.25) is 10.3 Å². The fraction of sp³-hybridized carbons (Fsp3) is 0.103. The molecule has 6 rings (SSSR count). The summed E-state index contributed by atoms with van der Waals surface area (Å²) in [4.78, 5) is 30.4. The highest BCUT2D eigenvalue weighted by atomic mass is 35.5. The molecular weight excluding hydrogens is 817 g/mol. The second-order valence-electron chi connectivity index (χ2n) is 11.2. The Morgan fingerprint density at radius 3 is 2.18 bits per heavy atom. The number of carbonyl (C=O) groups excluding carboxylic acids is 1. The summed E-state index contributed by atoms with van der Waals surface area (Å²) in [5, 5.41) is 26.1. The molecule has 0 radical (unpaired) electrons. The number of phenols is 1. The molecule has 0 aliphatic carbocycles.